The summed E-state index contributed by atoms with van der Waals surface area (Å²) in [5.74, 6) is 0. The fraction of sp³-hybridized carbons (Fsp3) is 0.0123. The maximum Gasteiger partial charge on any atom is 0.143 e. The molecule has 0 atom stereocenters. The van der Waals surface area contributed by atoms with Crippen molar-refractivity contribution in [2.24, 2.45) is 0 Å². The molecule has 398 valence electrons. The summed E-state index contributed by atoms with van der Waals surface area (Å²) >= 11 is 0. The second kappa shape index (κ2) is 19.5. The van der Waals surface area contributed by atoms with Crippen LogP contribution in [-0.2, 0) is 5.41 Å². The van der Waals surface area contributed by atoms with Gasteiger partial charge in [-0.2, -0.15) is 0 Å². The van der Waals surface area contributed by atoms with Gasteiger partial charge in [-0.25, -0.2) is 0 Å². The first-order valence-electron chi connectivity index (χ1n) is 29.2. The molecule has 0 aliphatic heterocycles. The quantitative estimate of drug-likeness (QED) is 0.137. The van der Waals surface area contributed by atoms with Crippen molar-refractivity contribution in [3.63, 3.8) is 0 Å². The molecule has 0 radical (unpaired) electrons. The molecular weight excluding hydrogens is 1030 g/mol. The van der Waals surface area contributed by atoms with E-state index in [9.17, 15) is 0 Å². The molecule has 0 unspecified atom stereocenters. The van der Waals surface area contributed by atoms with Gasteiger partial charge in [0.15, 0.2) is 0 Å². The van der Waals surface area contributed by atoms with Crippen molar-refractivity contribution in [1.82, 2.24) is 0 Å². The fourth-order valence-corrected chi connectivity index (χ4v) is 14.2. The first-order chi connectivity index (χ1) is 42.2. The molecule has 85 heavy (non-hydrogen) atoms. The minimum Gasteiger partial charge on any atom is -0.455 e. The average molecular weight is 1090 g/mol. The number of rotatable bonds is 10. The predicted octanol–water partition coefficient (Wildman–Crippen LogP) is 22.4. The predicted molar refractivity (Wildman–Crippen MR) is 354 cm³/mol. The topological polar surface area (TPSA) is 32.8 Å². The van der Waals surface area contributed by atoms with Crippen molar-refractivity contribution in [2.75, 3.05) is 9.80 Å². The van der Waals surface area contributed by atoms with E-state index >= 15 is 0 Å². The first-order valence-corrected chi connectivity index (χ1v) is 29.2. The maximum absolute atomic E-state index is 6.83. The molecule has 0 bridgehead atoms. The van der Waals surface area contributed by atoms with Gasteiger partial charge in [0.2, 0.25) is 0 Å². The lowest BCUT2D eigenvalue weighted by Gasteiger charge is -2.36. The molecule has 0 amide bonds. The van der Waals surface area contributed by atoms with E-state index in [1.54, 1.807) is 0 Å². The summed E-state index contributed by atoms with van der Waals surface area (Å²) in [6.45, 7) is 0. The number of anilines is 6. The zero-order valence-corrected chi connectivity index (χ0v) is 46.2. The molecule has 0 fully saturated rings. The minimum absolute atomic E-state index is 0.839. The highest BCUT2D eigenvalue weighted by molar-refractivity contribution is 6.20. The van der Waals surface area contributed by atoms with E-state index in [1.807, 2.05) is 12.1 Å². The van der Waals surface area contributed by atoms with Crippen LogP contribution in [0.2, 0.25) is 0 Å². The van der Waals surface area contributed by atoms with Crippen LogP contribution < -0.4 is 9.80 Å². The molecule has 1 aliphatic rings. The zero-order valence-electron chi connectivity index (χ0n) is 46.2. The molecule has 2 heterocycles. The Morgan fingerprint density at radius 1 is 0.235 bits per heavy atom. The lowest BCUT2D eigenvalue weighted by molar-refractivity contribution is 0.669. The van der Waals surface area contributed by atoms with Crippen LogP contribution in [-0.4, -0.2) is 0 Å². The smallest absolute Gasteiger partial charge is 0.143 e. The maximum atomic E-state index is 6.83. The van der Waals surface area contributed by atoms with Crippen LogP contribution in [0.25, 0.3) is 98.8 Å². The first kappa shape index (κ1) is 48.5. The van der Waals surface area contributed by atoms with Gasteiger partial charge in [0.05, 0.1) is 28.2 Å². The molecule has 1 aliphatic carbocycles. The molecule has 17 rings (SSSR count). The molecule has 4 heteroatoms. The normalized spacial score (nSPS) is 12.6. The second-order valence-electron chi connectivity index (χ2n) is 22.1. The average Bonchev–Trinajstić information content (AvgIpc) is 1.67. The Bertz CT molecular complexity index is 4930. The molecule has 0 saturated carbocycles. The number of hydrogen-bond donors (Lipinski definition) is 0. The SMILES string of the molecule is c1ccc(N(c2ccccc2-c2cccc3c2oc2ccccc23)c2cc3c(c4ccccc24)-c2c(cc(N(c4ccccc4)c4ccccc4-c4cccc5c4oc4ccccc45)c4ccccc24)C3(c2ccccc2)c2ccccc2)cc1. The third-order valence-electron chi connectivity index (χ3n) is 17.7. The highest BCUT2D eigenvalue weighted by atomic mass is 16.3. The summed E-state index contributed by atoms with van der Waals surface area (Å²) in [5, 5.41) is 9.01. The summed E-state index contributed by atoms with van der Waals surface area (Å²) in [6.07, 6.45) is 0. The number of para-hydroxylation sites is 8. The van der Waals surface area contributed by atoms with Crippen LogP contribution >= 0.6 is 0 Å². The van der Waals surface area contributed by atoms with Crippen molar-refractivity contribution >= 4 is 99.5 Å². The standard InChI is InChI=1S/C81H52N2O2/c1-5-27-53(28-6-1)81(54-29-7-2-8-30-54)69-51-73(82(55-31-9-3-10-32-55)71-47-21-17-37-59(71)65-43-25-45-67-61-39-19-23-49-75(61)84-79(65)67)57-35-13-15-41-63(57)77(69)78-64-42-16-14-36-58(64)74(52-70(78)81)83(56-33-11-4-12-34-56)72-48-22-18-38-60(72)66-44-26-46-68-62-40-20-24-50-76(62)85-80(66)68/h1-52H. The molecule has 2 aromatic heterocycles. The summed E-state index contributed by atoms with van der Waals surface area (Å²) < 4.78 is 13.7. The zero-order chi connectivity index (χ0) is 56.0. The number of benzene rings is 14. The Labute approximate surface area is 492 Å². The van der Waals surface area contributed by atoms with Crippen molar-refractivity contribution < 1.29 is 8.83 Å². The Balaban J connectivity index is 0.982. The van der Waals surface area contributed by atoms with Gasteiger partial charge in [-0.3, -0.25) is 0 Å². The number of nitrogens with zero attached hydrogens (tertiary/aromatic N) is 2. The van der Waals surface area contributed by atoms with Crippen LogP contribution in [0.1, 0.15) is 22.3 Å². The van der Waals surface area contributed by atoms with E-state index in [2.05, 4.69) is 313 Å². The van der Waals surface area contributed by atoms with E-state index in [0.29, 0.717) is 0 Å². The van der Waals surface area contributed by atoms with Crippen molar-refractivity contribution in [2.45, 2.75) is 5.41 Å². The van der Waals surface area contributed by atoms with Gasteiger partial charge in [0, 0.05) is 65.9 Å². The van der Waals surface area contributed by atoms with Gasteiger partial charge in [-0.15, -0.1) is 0 Å². The Hall–Kier alpha value is -11.2. The van der Waals surface area contributed by atoms with Crippen LogP contribution in [0.3, 0.4) is 0 Å². The lowest BCUT2D eigenvalue weighted by Crippen LogP contribution is -2.29. The van der Waals surface area contributed by atoms with Crippen LogP contribution in [0, 0.1) is 0 Å². The van der Waals surface area contributed by atoms with Crippen molar-refractivity contribution in [3.05, 3.63) is 338 Å². The van der Waals surface area contributed by atoms with Crippen molar-refractivity contribution in [3.8, 4) is 33.4 Å². The third kappa shape index (κ3) is 7.35. The molecule has 16 aromatic rings. The monoisotopic (exact) mass is 1080 g/mol. The van der Waals surface area contributed by atoms with E-state index < -0.39 is 5.41 Å². The molecular formula is C81H52N2O2. The highest BCUT2D eigenvalue weighted by Crippen LogP contribution is 2.63. The summed E-state index contributed by atoms with van der Waals surface area (Å²) in [4.78, 5) is 4.98. The third-order valence-corrected chi connectivity index (χ3v) is 17.7. The molecule has 4 nitrogen and oxygen atoms in total. The van der Waals surface area contributed by atoms with Gasteiger partial charge in [0.25, 0.3) is 0 Å². The van der Waals surface area contributed by atoms with Gasteiger partial charge >= 0.3 is 0 Å². The number of furan rings is 2. The van der Waals surface area contributed by atoms with Crippen LogP contribution in [0.5, 0.6) is 0 Å². The van der Waals surface area contributed by atoms with Crippen LogP contribution in [0.15, 0.2) is 324 Å². The summed E-state index contributed by atoms with van der Waals surface area (Å²) in [7, 11) is 0. The molecule has 14 aromatic carbocycles. The van der Waals surface area contributed by atoms with Gasteiger partial charge in [-0.1, -0.05) is 255 Å². The van der Waals surface area contributed by atoms with Gasteiger partial charge in [0.1, 0.15) is 22.3 Å². The van der Waals surface area contributed by atoms with E-state index in [-0.39, 0.29) is 0 Å². The Kier molecular flexibility index (Phi) is 11.1. The lowest BCUT2D eigenvalue weighted by atomic mass is 9.67. The molecule has 0 saturated heterocycles. The van der Waals surface area contributed by atoms with Crippen LogP contribution in [0.4, 0.5) is 34.1 Å². The number of hydrogen-bond acceptors (Lipinski definition) is 4. The molecule has 0 N–H and O–H groups in total. The van der Waals surface area contributed by atoms with Crippen molar-refractivity contribution in [1.29, 1.82) is 0 Å². The van der Waals surface area contributed by atoms with Gasteiger partial charge in [-0.05, 0) is 105 Å². The number of fused-ring (bicyclic) bond motifs is 13. The summed E-state index contributed by atoms with van der Waals surface area (Å²) in [5.41, 5.74) is 20.3. The Morgan fingerprint density at radius 2 is 0.553 bits per heavy atom. The van der Waals surface area contributed by atoms with E-state index in [4.69, 9.17) is 8.83 Å². The second-order valence-corrected chi connectivity index (χ2v) is 22.1. The largest absolute Gasteiger partial charge is 0.455 e. The summed E-state index contributed by atoms with van der Waals surface area (Å²) in [6, 6.07) is 115. The minimum atomic E-state index is -0.839. The highest BCUT2D eigenvalue weighted by Gasteiger charge is 2.49. The molecule has 0 spiro atoms. The van der Waals surface area contributed by atoms with Gasteiger partial charge < -0.3 is 18.6 Å². The van der Waals surface area contributed by atoms with E-state index in [1.165, 1.54) is 44.2 Å². The Morgan fingerprint density at radius 3 is 0.976 bits per heavy atom. The fourth-order valence-electron chi connectivity index (χ4n) is 14.2. The van der Waals surface area contributed by atoms with E-state index in [0.717, 1.165) is 111 Å².